The van der Waals surface area contributed by atoms with Crippen LogP contribution in [-0.2, 0) is 16.0 Å². The zero-order valence-corrected chi connectivity index (χ0v) is 16.0. The van der Waals surface area contributed by atoms with Crippen molar-refractivity contribution >= 4 is 40.7 Å². The Morgan fingerprint density at radius 1 is 1.28 bits per heavy atom. The van der Waals surface area contributed by atoms with Crippen molar-refractivity contribution in [3.05, 3.63) is 35.7 Å². The Hall–Kier alpha value is -3.69. The van der Waals surface area contributed by atoms with Gasteiger partial charge in [-0.3, -0.25) is 14.4 Å². The third kappa shape index (κ3) is 4.78. The normalized spacial score (nSPS) is 13.8. The number of rotatable bonds is 8. The SMILES string of the molecule is CCC[C@@H](Nc1cnc(C(N)=O)c(Nc2ccc3c(c2)CCC(=O)N3)n1)C(N)=O. The molecule has 0 radical (unpaired) electrons. The van der Waals surface area contributed by atoms with Crippen LogP contribution >= 0.6 is 0 Å². The van der Waals surface area contributed by atoms with Gasteiger partial charge in [-0.15, -0.1) is 0 Å². The minimum Gasteiger partial charge on any atom is -0.368 e. The molecular weight excluding hydrogens is 374 g/mol. The molecule has 1 aromatic heterocycles. The van der Waals surface area contributed by atoms with Crippen LogP contribution in [0, 0.1) is 0 Å². The predicted molar refractivity (Wildman–Crippen MR) is 109 cm³/mol. The average Bonchev–Trinajstić information content (AvgIpc) is 2.67. The Bertz CT molecular complexity index is 961. The molecule has 7 N–H and O–H groups in total. The Morgan fingerprint density at radius 3 is 2.76 bits per heavy atom. The summed E-state index contributed by atoms with van der Waals surface area (Å²) in [5, 5.41) is 8.80. The van der Waals surface area contributed by atoms with E-state index in [0.717, 1.165) is 17.7 Å². The van der Waals surface area contributed by atoms with E-state index in [1.807, 2.05) is 13.0 Å². The highest BCUT2D eigenvalue weighted by molar-refractivity contribution is 5.97. The monoisotopic (exact) mass is 397 g/mol. The van der Waals surface area contributed by atoms with Gasteiger partial charge in [-0.25, -0.2) is 9.97 Å². The van der Waals surface area contributed by atoms with Gasteiger partial charge in [-0.05, 0) is 36.6 Å². The first kappa shape index (κ1) is 20.1. The van der Waals surface area contributed by atoms with Crippen molar-refractivity contribution in [2.24, 2.45) is 11.5 Å². The van der Waals surface area contributed by atoms with Crippen molar-refractivity contribution in [2.75, 3.05) is 16.0 Å². The number of aromatic nitrogens is 2. The maximum Gasteiger partial charge on any atom is 0.271 e. The number of nitrogens with two attached hydrogens (primary N) is 2. The van der Waals surface area contributed by atoms with Crippen molar-refractivity contribution in [2.45, 2.75) is 38.6 Å². The van der Waals surface area contributed by atoms with E-state index in [-0.39, 0.29) is 17.4 Å². The number of benzene rings is 1. The molecule has 1 aliphatic heterocycles. The maximum atomic E-state index is 11.8. The van der Waals surface area contributed by atoms with Crippen LogP contribution in [0.3, 0.4) is 0 Å². The number of aryl methyl sites for hydroxylation is 1. The van der Waals surface area contributed by atoms with Crippen molar-refractivity contribution in [3.8, 4) is 0 Å². The summed E-state index contributed by atoms with van der Waals surface area (Å²) in [6.45, 7) is 1.94. The Balaban J connectivity index is 1.88. The molecule has 0 aliphatic carbocycles. The quantitative estimate of drug-likeness (QED) is 0.447. The maximum absolute atomic E-state index is 11.8. The van der Waals surface area contributed by atoms with Gasteiger partial charge in [0.2, 0.25) is 11.8 Å². The van der Waals surface area contributed by atoms with E-state index in [1.165, 1.54) is 6.20 Å². The van der Waals surface area contributed by atoms with E-state index in [9.17, 15) is 14.4 Å². The molecule has 1 aliphatic rings. The standard InChI is InChI=1S/C19H23N7O3/c1-2-3-13(17(20)28)24-14-9-22-16(18(21)29)19(26-14)23-11-5-6-12-10(8-11)4-7-15(27)25-12/h5-6,8-9,13H,2-4,7H2,1H3,(H2,20,28)(H2,21,29)(H,25,27)(H2,23,24,26)/t13-/m1/s1. The fraction of sp³-hybridized carbons (Fsp3) is 0.316. The lowest BCUT2D eigenvalue weighted by Crippen LogP contribution is -2.35. The topological polar surface area (TPSA) is 165 Å². The van der Waals surface area contributed by atoms with Crippen LogP contribution in [0.1, 0.15) is 42.2 Å². The lowest BCUT2D eigenvalue weighted by molar-refractivity contribution is -0.119. The molecule has 10 heteroatoms. The van der Waals surface area contributed by atoms with Crippen LogP contribution in [0.5, 0.6) is 0 Å². The molecule has 2 aromatic rings. The molecule has 1 aromatic carbocycles. The number of carbonyl (C=O) groups excluding carboxylic acids is 3. The van der Waals surface area contributed by atoms with Crippen molar-refractivity contribution < 1.29 is 14.4 Å². The van der Waals surface area contributed by atoms with Gasteiger partial charge in [0.25, 0.3) is 5.91 Å². The summed E-state index contributed by atoms with van der Waals surface area (Å²) < 4.78 is 0. The fourth-order valence-corrected chi connectivity index (χ4v) is 3.08. The Kier molecular flexibility index (Phi) is 5.91. The second kappa shape index (κ2) is 8.55. The van der Waals surface area contributed by atoms with Crippen molar-refractivity contribution in [3.63, 3.8) is 0 Å². The first-order chi connectivity index (χ1) is 13.9. The number of anilines is 4. The molecule has 0 unspecified atom stereocenters. The number of hydrogen-bond donors (Lipinski definition) is 5. The van der Waals surface area contributed by atoms with E-state index in [1.54, 1.807) is 12.1 Å². The third-order valence-electron chi connectivity index (χ3n) is 4.51. The van der Waals surface area contributed by atoms with Gasteiger partial charge < -0.3 is 27.4 Å². The first-order valence-electron chi connectivity index (χ1n) is 9.30. The predicted octanol–water partition coefficient (Wildman–Crippen LogP) is 1.27. The highest BCUT2D eigenvalue weighted by atomic mass is 16.2. The molecular formula is C19H23N7O3. The van der Waals surface area contributed by atoms with Gasteiger partial charge >= 0.3 is 0 Å². The minimum atomic E-state index is -0.739. The minimum absolute atomic E-state index is 0.0186. The molecule has 0 bridgehead atoms. The van der Waals surface area contributed by atoms with Crippen LogP contribution in [-0.4, -0.2) is 33.7 Å². The summed E-state index contributed by atoms with van der Waals surface area (Å²) in [5.74, 6) is -0.812. The summed E-state index contributed by atoms with van der Waals surface area (Å²) in [7, 11) is 0. The molecule has 29 heavy (non-hydrogen) atoms. The first-order valence-corrected chi connectivity index (χ1v) is 9.30. The summed E-state index contributed by atoms with van der Waals surface area (Å²) in [4.78, 5) is 43.3. The zero-order valence-electron chi connectivity index (χ0n) is 16.0. The number of primary amides is 2. The Labute approximate surface area is 167 Å². The van der Waals surface area contributed by atoms with Crippen molar-refractivity contribution in [1.82, 2.24) is 9.97 Å². The number of carbonyl (C=O) groups is 3. The molecule has 0 saturated carbocycles. The van der Waals surface area contributed by atoms with E-state index < -0.39 is 17.9 Å². The lowest BCUT2D eigenvalue weighted by Gasteiger charge is -2.19. The largest absolute Gasteiger partial charge is 0.368 e. The molecule has 1 atom stereocenters. The van der Waals surface area contributed by atoms with Crippen LogP contribution < -0.4 is 27.4 Å². The average molecular weight is 397 g/mol. The molecule has 3 amide bonds. The molecule has 0 saturated heterocycles. The van der Waals surface area contributed by atoms with Crippen LogP contribution in [0.15, 0.2) is 24.4 Å². The molecule has 0 spiro atoms. The number of nitrogens with zero attached hydrogens (tertiary/aromatic N) is 2. The summed E-state index contributed by atoms with van der Waals surface area (Å²) in [6.07, 6.45) is 3.65. The number of amides is 3. The number of nitrogens with one attached hydrogen (secondary N) is 3. The summed E-state index contributed by atoms with van der Waals surface area (Å²) in [5.41, 5.74) is 13.2. The Morgan fingerprint density at radius 2 is 2.07 bits per heavy atom. The van der Waals surface area contributed by atoms with Crippen LogP contribution in [0.4, 0.5) is 23.0 Å². The van der Waals surface area contributed by atoms with E-state index in [4.69, 9.17) is 11.5 Å². The molecule has 152 valence electrons. The number of hydrogen-bond acceptors (Lipinski definition) is 7. The fourth-order valence-electron chi connectivity index (χ4n) is 3.08. The zero-order chi connectivity index (χ0) is 21.0. The lowest BCUT2D eigenvalue weighted by atomic mass is 10.0. The van der Waals surface area contributed by atoms with Gasteiger partial charge in [0.1, 0.15) is 11.9 Å². The summed E-state index contributed by atoms with van der Waals surface area (Å²) >= 11 is 0. The molecule has 3 rings (SSSR count). The molecule has 2 heterocycles. The van der Waals surface area contributed by atoms with Crippen LogP contribution in [0.25, 0.3) is 0 Å². The molecule has 0 fully saturated rings. The second-order valence-corrected chi connectivity index (χ2v) is 6.75. The highest BCUT2D eigenvalue weighted by Gasteiger charge is 2.19. The third-order valence-corrected chi connectivity index (χ3v) is 4.51. The van der Waals surface area contributed by atoms with Crippen molar-refractivity contribution in [1.29, 1.82) is 0 Å². The van der Waals surface area contributed by atoms with Gasteiger partial charge in [-0.1, -0.05) is 13.3 Å². The highest BCUT2D eigenvalue weighted by Crippen LogP contribution is 2.28. The van der Waals surface area contributed by atoms with Gasteiger partial charge in [0, 0.05) is 17.8 Å². The van der Waals surface area contributed by atoms with Crippen LogP contribution in [0.2, 0.25) is 0 Å². The second-order valence-electron chi connectivity index (χ2n) is 6.75. The smallest absolute Gasteiger partial charge is 0.271 e. The van der Waals surface area contributed by atoms with E-state index >= 15 is 0 Å². The molecule has 10 nitrogen and oxygen atoms in total. The van der Waals surface area contributed by atoms with E-state index in [2.05, 4.69) is 25.9 Å². The van der Waals surface area contributed by atoms with Gasteiger partial charge in [0.05, 0.1) is 6.20 Å². The van der Waals surface area contributed by atoms with Gasteiger partial charge in [-0.2, -0.15) is 0 Å². The van der Waals surface area contributed by atoms with E-state index in [0.29, 0.717) is 30.8 Å². The summed E-state index contributed by atoms with van der Waals surface area (Å²) in [6, 6.07) is 4.79. The van der Waals surface area contributed by atoms with Gasteiger partial charge in [0.15, 0.2) is 11.5 Å². The number of fused-ring (bicyclic) bond motifs is 1.